The highest BCUT2D eigenvalue weighted by molar-refractivity contribution is 7.52. The van der Waals surface area contributed by atoms with Crippen molar-refractivity contribution < 1.29 is 43.1 Å². The molecule has 2 bridgehead atoms. The highest BCUT2D eigenvalue weighted by Crippen LogP contribution is 2.37. The van der Waals surface area contributed by atoms with E-state index in [2.05, 4.69) is 5.43 Å². The Balaban J connectivity index is 2.19. The molecule has 14 nitrogen and oxygen atoms in total. The van der Waals surface area contributed by atoms with E-state index in [4.69, 9.17) is 0 Å². The molecule has 2 fully saturated rings. The van der Waals surface area contributed by atoms with Crippen molar-refractivity contribution in [1.29, 1.82) is 0 Å². The summed E-state index contributed by atoms with van der Waals surface area (Å²) in [7, 11) is -12.9. The molecule has 0 saturated carbocycles. The maximum absolute atomic E-state index is 11.6. The average Bonchev–Trinajstić information content (AvgIpc) is 2.68. The average molecular weight is 523 g/mol. The number of nitrogens with zero attached hydrogens (tertiary/aromatic N) is 4. The minimum Gasteiger partial charge on any atom is -0.324 e. The second-order valence-corrected chi connectivity index (χ2v) is 13.4. The summed E-state index contributed by atoms with van der Waals surface area (Å²) in [5, 5.41) is 1.51. The van der Waals surface area contributed by atoms with Crippen LogP contribution in [0, 0.1) is 5.92 Å². The Hall–Kier alpha value is 0.250. The van der Waals surface area contributed by atoms with Crippen LogP contribution in [0.1, 0.15) is 19.3 Å². The number of nitrogens with one attached hydrogen (secondary N) is 1. The number of hydrogen-bond donors (Lipinski definition) is 7. The molecule has 7 N–H and O–H groups in total. The lowest BCUT2D eigenvalue weighted by atomic mass is 9.96. The molecule has 2 aliphatic heterocycles. The maximum atomic E-state index is 11.6. The van der Waals surface area contributed by atoms with Crippen LogP contribution in [0.5, 0.6) is 0 Å². The predicted octanol–water partition coefficient (Wildman–Crippen LogP) is -1.12. The van der Waals surface area contributed by atoms with Gasteiger partial charge in [0.15, 0.2) is 0 Å². The topological polar surface area (TPSA) is 198 Å². The third-order valence-corrected chi connectivity index (χ3v) is 7.87. The van der Waals surface area contributed by atoms with Gasteiger partial charge in [0, 0.05) is 32.7 Å². The number of fused-ring (bicyclic) bond motifs is 3. The molecule has 2 rings (SSSR count). The lowest BCUT2D eigenvalue weighted by Crippen LogP contribution is -2.47. The van der Waals surface area contributed by atoms with Gasteiger partial charge in [0.2, 0.25) is 0 Å². The molecule has 0 aromatic rings. The van der Waals surface area contributed by atoms with Gasteiger partial charge in [-0.2, -0.15) is 0 Å². The monoisotopic (exact) mass is 523 g/mol. The van der Waals surface area contributed by atoms with E-state index in [1.54, 1.807) is 9.80 Å². The van der Waals surface area contributed by atoms with Gasteiger partial charge in [-0.25, -0.2) is 10.4 Å². The molecule has 2 atom stereocenters. The van der Waals surface area contributed by atoms with Gasteiger partial charge in [-0.05, 0) is 38.3 Å². The highest BCUT2D eigenvalue weighted by atomic mass is 31.2. The summed E-state index contributed by atoms with van der Waals surface area (Å²) in [6, 6.07) is 0. The van der Waals surface area contributed by atoms with Crippen LogP contribution in [-0.4, -0.2) is 120 Å². The Morgan fingerprint density at radius 1 is 0.625 bits per heavy atom. The molecule has 2 heterocycles. The van der Waals surface area contributed by atoms with Crippen molar-refractivity contribution >= 4 is 22.8 Å². The van der Waals surface area contributed by atoms with E-state index in [-0.39, 0.29) is 19.0 Å². The van der Waals surface area contributed by atoms with Crippen LogP contribution in [0.4, 0.5) is 0 Å². The lowest BCUT2D eigenvalue weighted by molar-refractivity contribution is 0.131. The quantitative estimate of drug-likeness (QED) is 0.207. The number of hydrazine groups is 1. The van der Waals surface area contributed by atoms with Crippen LogP contribution in [-0.2, 0) is 13.7 Å². The summed E-state index contributed by atoms with van der Waals surface area (Å²) in [5.74, 6) is 0.196. The Kier molecular flexibility index (Phi) is 10.9. The molecular formula is C15H36N5O9P3. The fraction of sp³-hybridized carbons (Fsp3) is 1.00. The van der Waals surface area contributed by atoms with Gasteiger partial charge >= 0.3 is 22.8 Å². The van der Waals surface area contributed by atoms with Crippen LogP contribution < -0.4 is 5.43 Å². The predicted molar refractivity (Wildman–Crippen MR) is 118 cm³/mol. The molecule has 0 aromatic heterocycles. The van der Waals surface area contributed by atoms with Gasteiger partial charge in [-0.15, -0.1) is 0 Å². The van der Waals surface area contributed by atoms with Crippen molar-refractivity contribution in [2.24, 2.45) is 5.92 Å². The van der Waals surface area contributed by atoms with E-state index in [0.29, 0.717) is 52.2 Å². The molecule has 2 unspecified atom stereocenters. The minimum atomic E-state index is -4.32. The van der Waals surface area contributed by atoms with E-state index in [1.807, 2.05) is 4.90 Å². The van der Waals surface area contributed by atoms with Crippen molar-refractivity contribution in [2.75, 3.05) is 71.3 Å². The molecule has 0 spiro atoms. The lowest BCUT2D eigenvalue weighted by Gasteiger charge is -2.32. The molecule has 0 aliphatic carbocycles. The first kappa shape index (κ1) is 28.5. The van der Waals surface area contributed by atoms with Crippen molar-refractivity contribution in [3.05, 3.63) is 0 Å². The van der Waals surface area contributed by atoms with Crippen LogP contribution in [0.15, 0.2) is 0 Å². The first-order valence-corrected chi connectivity index (χ1v) is 15.9. The molecular weight excluding hydrogens is 487 g/mol. The molecule has 0 aromatic carbocycles. The zero-order valence-corrected chi connectivity index (χ0v) is 20.7. The zero-order chi connectivity index (χ0) is 24.0. The van der Waals surface area contributed by atoms with Crippen molar-refractivity contribution in [3.8, 4) is 0 Å². The first-order chi connectivity index (χ1) is 14.7. The summed E-state index contributed by atoms with van der Waals surface area (Å²) in [5.41, 5.74) is 3.06. The van der Waals surface area contributed by atoms with Crippen LogP contribution in [0.25, 0.3) is 0 Å². The van der Waals surface area contributed by atoms with E-state index in [0.717, 1.165) is 6.42 Å². The third kappa shape index (κ3) is 12.6. The smallest absolute Gasteiger partial charge is 0.324 e. The second kappa shape index (κ2) is 12.3. The summed E-state index contributed by atoms with van der Waals surface area (Å²) < 4.78 is 34.6. The third-order valence-electron chi connectivity index (χ3n) is 5.62. The van der Waals surface area contributed by atoms with Gasteiger partial charge in [-0.1, -0.05) is 0 Å². The molecule has 190 valence electrons. The summed E-state index contributed by atoms with van der Waals surface area (Å²) in [4.78, 5) is 61.7. The normalized spacial score (nSPS) is 27.2. The van der Waals surface area contributed by atoms with Gasteiger partial charge in [-0.3, -0.25) is 28.4 Å². The molecule has 32 heavy (non-hydrogen) atoms. The highest BCUT2D eigenvalue weighted by Gasteiger charge is 2.27. The van der Waals surface area contributed by atoms with E-state index >= 15 is 0 Å². The summed E-state index contributed by atoms with van der Waals surface area (Å²) in [6.45, 7) is 3.19. The van der Waals surface area contributed by atoms with Crippen LogP contribution in [0.3, 0.4) is 0 Å². The Morgan fingerprint density at radius 3 is 1.66 bits per heavy atom. The van der Waals surface area contributed by atoms with Crippen molar-refractivity contribution in [1.82, 2.24) is 25.1 Å². The first-order valence-electron chi connectivity index (χ1n) is 10.5. The Labute approximate surface area is 188 Å². The molecule has 0 amide bonds. The van der Waals surface area contributed by atoms with Crippen molar-refractivity contribution in [2.45, 2.75) is 19.3 Å². The fourth-order valence-electron chi connectivity index (χ4n) is 3.99. The SMILES string of the molecule is O=P(O)(O)CN1CCC2CCN(CCN(CP(=O)(O)O)CC1)CNN(CP(=O)(O)O)CC2. The van der Waals surface area contributed by atoms with Crippen LogP contribution in [0.2, 0.25) is 0 Å². The number of hydrogen-bond acceptors (Lipinski definition) is 8. The summed E-state index contributed by atoms with van der Waals surface area (Å²) in [6.07, 6.45) is 0.813. The van der Waals surface area contributed by atoms with Gasteiger partial charge < -0.3 is 29.4 Å². The maximum Gasteiger partial charge on any atom is 0.340 e. The van der Waals surface area contributed by atoms with Gasteiger partial charge in [0.05, 0.1) is 6.67 Å². The van der Waals surface area contributed by atoms with Gasteiger partial charge in [0.25, 0.3) is 0 Å². The Morgan fingerprint density at radius 2 is 1.09 bits per heavy atom. The summed E-state index contributed by atoms with van der Waals surface area (Å²) >= 11 is 0. The number of rotatable bonds is 6. The van der Waals surface area contributed by atoms with E-state index in [9.17, 15) is 43.1 Å². The minimum absolute atomic E-state index is 0.196. The largest absolute Gasteiger partial charge is 0.340 e. The molecule has 2 saturated heterocycles. The van der Waals surface area contributed by atoms with Crippen molar-refractivity contribution in [3.63, 3.8) is 0 Å². The van der Waals surface area contributed by atoms with Crippen LogP contribution >= 0.6 is 22.8 Å². The molecule has 0 radical (unpaired) electrons. The molecule has 17 heteroatoms. The second-order valence-electron chi connectivity index (χ2n) is 8.58. The Bertz CT molecular complexity index is 681. The standard InChI is InChI=1S/C15H36N5O9P3/c21-30(22,23)12-18-5-2-15-1-4-17(7-8-19(10-9-18)13-31(24,25)26)11-16-20(6-3-15)14-32(27,28)29/h15-16H,1-14H2,(H2,21,22,23)(H2,24,25,26)(H2,27,28,29). The van der Waals surface area contributed by atoms with E-state index in [1.165, 1.54) is 5.01 Å². The van der Waals surface area contributed by atoms with E-state index < -0.39 is 41.6 Å². The fourth-order valence-corrected chi connectivity index (χ4v) is 6.28. The molecule has 2 aliphatic rings. The zero-order valence-electron chi connectivity index (χ0n) is 18.0. The van der Waals surface area contributed by atoms with Gasteiger partial charge in [0.1, 0.15) is 18.9 Å².